The van der Waals surface area contributed by atoms with Crippen LogP contribution in [-0.2, 0) is 9.59 Å². The third-order valence-electron chi connectivity index (χ3n) is 2.57. The minimum atomic E-state index is -0.335. The van der Waals surface area contributed by atoms with E-state index in [2.05, 4.69) is 5.32 Å². The first kappa shape index (κ1) is 15.2. The topological polar surface area (TPSA) is 75.4 Å². The van der Waals surface area contributed by atoms with E-state index in [4.69, 9.17) is 5.73 Å². The first-order chi connectivity index (χ1) is 7.07. The monoisotopic (exact) mass is 249 g/mol. The number of carbonyl (C=O) groups is 2. The quantitative estimate of drug-likeness (QED) is 0.724. The second-order valence-corrected chi connectivity index (χ2v) is 4.11. The molecular formula is C10H20ClN3O2. The molecule has 1 aliphatic rings. The van der Waals surface area contributed by atoms with Crippen molar-refractivity contribution in [3.63, 3.8) is 0 Å². The van der Waals surface area contributed by atoms with Crippen LogP contribution >= 0.6 is 12.4 Å². The van der Waals surface area contributed by atoms with E-state index in [-0.39, 0.29) is 36.2 Å². The Labute approximate surface area is 102 Å². The van der Waals surface area contributed by atoms with Gasteiger partial charge < -0.3 is 16.0 Å². The minimum Gasteiger partial charge on any atom is -0.353 e. The third-order valence-corrected chi connectivity index (χ3v) is 2.57. The molecular weight excluding hydrogens is 230 g/mol. The molecule has 1 unspecified atom stereocenters. The van der Waals surface area contributed by atoms with Crippen molar-refractivity contribution in [2.24, 2.45) is 11.7 Å². The van der Waals surface area contributed by atoms with Gasteiger partial charge in [-0.2, -0.15) is 0 Å². The van der Waals surface area contributed by atoms with Crippen molar-refractivity contribution in [3.8, 4) is 0 Å². The molecule has 3 N–H and O–H groups in total. The number of hydrogen-bond donors (Lipinski definition) is 2. The molecule has 0 aromatic carbocycles. The Balaban J connectivity index is 0.00000225. The number of nitrogens with two attached hydrogens (primary N) is 1. The van der Waals surface area contributed by atoms with Gasteiger partial charge in [0.2, 0.25) is 11.8 Å². The summed E-state index contributed by atoms with van der Waals surface area (Å²) in [7, 11) is 0. The standard InChI is InChI=1S/C10H19N3O2.ClH/c1-7(2)9-10(15)12-5-6-13(9)8(14)3-4-11;/h7,9H,3-6,11H2,1-2H3,(H,12,15);1H. The summed E-state index contributed by atoms with van der Waals surface area (Å²) in [6.45, 7) is 5.35. The average molecular weight is 250 g/mol. The molecule has 0 saturated carbocycles. The fraction of sp³-hybridized carbons (Fsp3) is 0.800. The van der Waals surface area contributed by atoms with Gasteiger partial charge in [-0.3, -0.25) is 9.59 Å². The first-order valence-corrected chi connectivity index (χ1v) is 5.35. The van der Waals surface area contributed by atoms with E-state index in [1.807, 2.05) is 13.8 Å². The average Bonchev–Trinajstić information content (AvgIpc) is 2.17. The van der Waals surface area contributed by atoms with E-state index >= 15 is 0 Å². The van der Waals surface area contributed by atoms with Crippen molar-refractivity contribution in [2.45, 2.75) is 26.3 Å². The summed E-state index contributed by atoms with van der Waals surface area (Å²) < 4.78 is 0. The van der Waals surface area contributed by atoms with Crippen LogP contribution in [0.4, 0.5) is 0 Å². The number of piperazine rings is 1. The van der Waals surface area contributed by atoms with E-state index in [1.165, 1.54) is 0 Å². The molecule has 0 aliphatic carbocycles. The third kappa shape index (κ3) is 3.35. The van der Waals surface area contributed by atoms with E-state index in [0.29, 0.717) is 26.1 Å². The van der Waals surface area contributed by atoms with Gasteiger partial charge in [-0.1, -0.05) is 13.8 Å². The van der Waals surface area contributed by atoms with E-state index in [1.54, 1.807) is 4.90 Å². The van der Waals surface area contributed by atoms with Crippen molar-refractivity contribution in [1.82, 2.24) is 10.2 Å². The molecule has 1 saturated heterocycles. The van der Waals surface area contributed by atoms with Crippen LogP contribution in [0.5, 0.6) is 0 Å². The molecule has 1 aliphatic heterocycles. The Bertz CT molecular complexity index is 258. The number of carbonyl (C=O) groups excluding carboxylic acids is 2. The Kier molecular flexibility index (Phi) is 6.36. The molecule has 1 heterocycles. The van der Waals surface area contributed by atoms with Gasteiger partial charge in [0.25, 0.3) is 0 Å². The second kappa shape index (κ2) is 6.70. The van der Waals surface area contributed by atoms with E-state index in [9.17, 15) is 9.59 Å². The van der Waals surface area contributed by atoms with Gasteiger partial charge in [0.05, 0.1) is 0 Å². The fourth-order valence-corrected chi connectivity index (χ4v) is 1.89. The molecule has 0 spiro atoms. The molecule has 0 radical (unpaired) electrons. The van der Waals surface area contributed by atoms with Gasteiger partial charge in [0.1, 0.15) is 6.04 Å². The first-order valence-electron chi connectivity index (χ1n) is 5.35. The van der Waals surface area contributed by atoms with Gasteiger partial charge in [-0.25, -0.2) is 0 Å². The maximum absolute atomic E-state index is 11.7. The van der Waals surface area contributed by atoms with Crippen LogP contribution in [0.3, 0.4) is 0 Å². The van der Waals surface area contributed by atoms with Gasteiger partial charge >= 0.3 is 0 Å². The van der Waals surface area contributed by atoms with Crippen LogP contribution in [0.2, 0.25) is 0 Å². The molecule has 1 atom stereocenters. The summed E-state index contributed by atoms with van der Waals surface area (Å²) in [4.78, 5) is 25.0. The highest BCUT2D eigenvalue weighted by atomic mass is 35.5. The summed E-state index contributed by atoms with van der Waals surface area (Å²) >= 11 is 0. The van der Waals surface area contributed by atoms with Crippen LogP contribution in [-0.4, -0.2) is 42.4 Å². The van der Waals surface area contributed by atoms with Gasteiger partial charge in [-0.15, -0.1) is 12.4 Å². The van der Waals surface area contributed by atoms with Crippen LogP contribution < -0.4 is 11.1 Å². The SMILES string of the molecule is CC(C)C1C(=O)NCCN1C(=O)CCN.Cl. The molecule has 5 nitrogen and oxygen atoms in total. The number of hydrogen-bond acceptors (Lipinski definition) is 3. The molecule has 6 heteroatoms. The summed E-state index contributed by atoms with van der Waals surface area (Å²) in [6.07, 6.45) is 0.316. The zero-order chi connectivity index (χ0) is 11.4. The van der Waals surface area contributed by atoms with E-state index < -0.39 is 0 Å². The van der Waals surface area contributed by atoms with Crippen molar-refractivity contribution in [3.05, 3.63) is 0 Å². The second-order valence-electron chi connectivity index (χ2n) is 4.11. The zero-order valence-corrected chi connectivity index (χ0v) is 10.5. The summed E-state index contributed by atoms with van der Waals surface area (Å²) in [5.74, 6) is 0.0553. The molecule has 0 aromatic rings. The molecule has 2 amide bonds. The molecule has 0 aromatic heterocycles. The number of nitrogens with zero attached hydrogens (tertiary/aromatic N) is 1. The van der Waals surface area contributed by atoms with Crippen LogP contribution in [0, 0.1) is 5.92 Å². The highest BCUT2D eigenvalue weighted by molar-refractivity contribution is 5.89. The van der Waals surface area contributed by atoms with Gasteiger partial charge in [-0.05, 0) is 5.92 Å². The lowest BCUT2D eigenvalue weighted by atomic mass is 9.99. The van der Waals surface area contributed by atoms with Crippen LogP contribution in [0.1, 0.15) is 20.3 Å². The lowest BCUT2D eigenvalue weighted by Gasteiger charge is -2.37. The fourth-order valence-electron chi connectivity index (χ4n) is 1.89. The highest BCUT2D eigenvalue weighted by Crippen LogP contribution is 2.14. The molecule has 1 rings (SSSR count). The minimum absolute atomic E-state index is 0. The van der Waals surface area contributed by atoms with E-state index in [0.717, 1.165) is 0 Å². The summed E-state index contributed by atoms with van der Waals surface area (Å²) in [6, 6.07) is -0.335. The van der Waals surface area contributed by atoms with Crippen LogP contribution in [0.15, 0.2) is 0 Å². The summed E-state index contributed by atoms with van der Waals surface area (Å²) in [5, 5.41) is 2.78. The highest BCUT2D eigenvalue weighted by Gasteiger charge is 2.34. The Morgan fingerprint density at radius 1 is 1.62 bits per heavy atom. The number of nitrogens with one attached hydrogen (secondary N) is 1. The number of amides is 2. The maximum atomic E-state index is 11.7. The Morgan fingerprint density at radius 2 is 2.25 bits per heavy atom. The molecule has 0 bridgehead atoms. The lowest BCUT2D eigenvalue weighted by molar-refractivity contribution is -0.144. The lowest BCUT2D eigenvalue weighted by Crippen LogP contribution is -2.59. The molecule has 1 fully saturated rings. The predicted molar refractivity (Wildman–Crippen MR) is 64.3 cm³/mol. The van der Waals surface area contributed by atoms with Crippen molar-refractivity contribution >= 4 is 24.2 Å². The van der Waals surface area contributed by atoms with Gasteiger partial charge in [0.15, 0.2) is 0 Å². The van der Waals surface area contributed by atoms with Crippen LogP contribution in [0.25, 0.3) is 0 Å². The van der Waals surface area contributed by atoms with Crippen molar-refractivity contribution in [1.29, 1.82) is 0 Å². The zero-order valence-electron chi connectivity index (χ0n) is 9.73. The maximum Gasteiger partial charge on any atom is 0.243 e. The predicted octanol–water partition coefficient (Wildman–Crippen LogP) is -0.260. The smallest absolute Gasteiger partial charge is 0.243 e. The largest absolute Gasteiger partial charge is 0.353 e. The van der Waals surface area contributed by atoms with Gasteiger partial charge in [0, 0.05) is 26.1 Å². The number of rotatable bonds is 3. The van der Waals surface area contributed by atoms with Crippen molar-refractivity contribution < 1.29 is 9.59 Å². The molecule has 16 heavy (non-hydrogen) atoms. The Morgan fingerprint density at radius 3 is 2.75 bits per heavy atom. The summed E-state index contributed by atoms with van der Waals surface area (Å²) in [5.41, 5.74) is 5.34. The van der Waals surface area contributed by atoms with Crippen molar-refractivity contribution in [2.75, 3.05) is 19.6 Å². The Hall–Kier alpha value is -0.810. The number of halogens is 1. The molecule has 94 valence electrons. The normalized spacial score (nSPS) is 20.4.